The zero-order valence-corrected chi connectivity index (χ0v) is 18.1. The molecule has 0 bridgehead atoms. The van der Waals surface area contributed by atoms with Crippen molar-refractivity contribution in [3.63, 3.8) is 0 Å². The number of fused-ring (bicyclic) bond motifs is 1. The number of halogens is 1. The fourth-order valence-corrected chi connectivity index (χ4v) is 4.82. The molecule has 1 amide bonds. The molecule has 3 heterocycles. The molecule has 8 heteroatoms. The van der Waals surface area contributed by atoms with Crippen LogP contribution in [0.25, 0.3) is 20.7 Å². The van der Waals surface area contributed by atoms with Crippen LogP contribution in [0, 0.1) is 0 Å². The Morgan fingerprint density at radius 3 is 2.58 bits per heavy atom. The number of thiophene rings is 1. The second-order valence-corrected chi connectivity index (χ2v) is 8.88. The molecule has 2 N–H and O–H groups in total. The number of hydrogen-bond donors (Lipinski definition) is 2. The summed E-state index contributed by atoms with van der Waals surface area (Å²) < 4.78 is 0.605. The highest BCUT2D eigenvalue weighted by molar-refractivity contribution is 7.22. The van der Waals surface area contributed by atoms with Gasteiger partial charge < -0.3 is 15.2 Å². The highest BCUT2D eigenvalue weighted by atomic mass is 35.5. The predicted octanol–water partition coefficient (Wildman–Crippen LogP) is 5.04. The molecule has 1 fully saturated rings. The van der Waals surface area contributed by atoms with Gasteiger partial charge in [-0.3, -0.25) is 9.59 Å². The van der Waals surface area contributed by atoms with Crippen LogP contribution in [0.1, 0.15) is 18.7 Å². The first kappa shape index (κ1) is 19.8. The van der Waals surface area contributed by atoms with E-state index in [-0.39, 0.29) is 11.5 Å². The fraction of sp³-hybridized carbons (Fsp3) is 0.174. The van der Waals surface area contributed by atoms with Crippen LogP contribution in [0.4, 0.5) is 11.4 Å². The number of benzene rings is 2. The molecule has 5 rings (SSSR count). The Balaban J connectivity index is 1.33. The Hall–Kier alpha value is -3.16. The van der Waals surface area contributed by atoms with Gasteiger partial charge in [0.2, 0.25) is 5.91 Å². The van der Waals surface area contributed by atoms with Gasteiger partial charge in [0, 0.05) is 34.2 Å². The highest BCUT2D eigenvalue weighted by Gasteiger charge is 2.21. The second-order valence-electron chi connectivity index (χ2n) is 7.39. The van der Waals surface area contributed by atoms with Crippen molar-refractivity contribution in [2.75, 3.05) is 16.8 Å². The molecule has 0 saturated carbocycles. The van der Waals surface area contributed by atoms with E-state index in [1.54, 1.807) is 0 Å². The van der Waals surface area contributed by atoms with Crippen molar-refractivity contribution in [1.82, 2.24) is 9.97 Å². The third-order valence-corrected chi connectivity index (χ3v) is 6.70. The lowest BCUT2D eigenvalue weighted by atomic mass is 10.2. The Morgan fingerprint density at radius 2 is 1.87 bits per heavy atom. The average Bonchev–Trinajstić information content (AvgIpc) is 3.40. The van der Waals surface area contributed by atoms with Crippen molar-refractivity contribution in [3.8, 4) is 10.4 Å². The van der Waals surface area contributed by atoms with Gasteiger partial charge >= 0.3 is 0 Å². The molecular weight excluding hydrogens is 432 g/mol. The monoisotopic (exact) mass is 450 g/mol. The maximum absolute atomic E-state index is 12.6. The largest absolute Gasteiger partial charge is 0.378 e. The van der Waals surface area contributed by atoms with Crippen molar-refractivity contribution in [2.45, 2.75) is 19.4 Å². The summed E-state index contributed by atoms with van der Waals surface area (Å²) in [6.45, 7) is 1.16. The summed E-state index contributed by atoms with van der Waals surface area (Å²) in [5.41, 5.74) is 3.34. The van der Waals surface area contributed by atoms with Gasteiger partial charge in [-0.25, -0.2) is 4.98 Å². The van der Waals surface area contributed by atoms with E-state index in [9.17, 15) is 9.59 Å². The smallest absolute Gasteiger partial charge is 0.268 e. The van der Waals surface area contributed by atoms with E-state index >= 15 is 0 Å². The predicted molar refractivity (Wildman–Crippen MR) is 126 cm³/mol. The first-order chi connectivity index (χ1) is 15.1. The van der Waals surface area contributed by atoms with Crippen molar-refractivity contribution in [1.29, 1.82) is 0 Å². The molecule has 0 atom stereocenters. The molecule has 0 spiro atoms. The summed E-state index contributed by atoms with van der Waals surface area (Å²) >= 11 is 7.39. The van der Waals surface area contributed by atoms with Crippen LogP contribution in [-0.2, 0) is 11.3 Å². The minimum Gasteiger partial charge on any atom is -0.378 e. The number of hydrogen-bond acceptors (Lipinski definition) is 5. The lowest BCUT2D eigenvalue weighted by molar-refractivity contribution is -0.117. The third kappa shape index (κ3) is 4.06. The molecule has 4 aromatic rings. The summed E-state index contributed by atoms with van der Waals surface area (Å²) in [6, 6.07) is 17.2. The molecule has 6 nitrogen and oxygen atoms in total. The number of anilines is 2. The SMILES string of the molecule is O=C1CCCN1c1ccc(NCc2nc3cc(-c4ccc(Cl)cc4)sc3c(=O)[nH]2)cc1. The Bertz CT molecular complexity index is 1310. The van der Waals surface area contributed by atoms with Crippen molar-refractivity contribution in [3.05, 3.63) is 75.8 Å². The normalized spacial score (nSPS) is 13.8. The molecule has 156 valence electrons. The summed E-state index contributed by atoms with van der Waals surface area (Å²) in [5, 5.41) is 3.95. The van der Waals surface area contributed by atoms with Crippen LogP contribution in [0.3, 0.4) is 0 Å². The van der Waals surface area contributed by atoms with E-state index in [2.05, 4.69) is 15.3 Å². The van der Waals surface area contributed by atoms with Crippen LogP contribution in [0.2, 0.25) is 5.02 Å². The standard InChI is InChI=1S/C23H19ClN4O2S/c24-15-5-3-14(4-6-15)19-12-18-22(31-19)23(30)27-20(26-18)13-25-16-7-9-17(10-8-16)28-11-1-2-21(28)29/h3-10,12,25H,1-2,11,13H2,(H,26,27,30). The number of amides is 1. The fourth-order valence-electron chi connectivity index (χ4n) is 3.69. The molecule has 31 heavy (non-hydrogen) atoms. The van der Waals surface area contributed by atoms with Crippen LogP contribution < -0.4 is 15.8 Å². The Kier molecular flexibility index (Phi) is 5.21. The van der Waals surface area contributed by atoms with Gasteiger partial charge in [-0.05, 0) is 54.4 Å². The number of aromatic amines is 1. The maximum atomic E-state index is 12.6. The number of carbonyl (C=O) groups is 1. The zero-order valence-electron chi connectivity index (χ0n) is 16.5. The van der Waals surface area contributed by atoms with Crippen LogP contribution >= 0.6 is 22.9 Å². The van der Waals surface area contributed by atoms with Crippen LogP contribution in [0.15, 0.2) is 59.4 Å². The summed E-state index contributed by atoms with van der Waals surface area (Å²) in [6.07, 6.45) is 1.52. The lowest BCUT2D eigenvalue weighted by Gasteiger charge is -2.16. The number of H-pyrrole nitrogens is 1. The molecule has 0 aliphatic carbocycles. The summed E-state index contributed by atoms with van der Waals surface area (Å²) in [4.78, 5) is 34.7. The highest BCUT2D eigenvalue weighted by Crippen LogP contribution is 2.31. The molecule has 1 saturated heterocycles. The van der Waals surface area contributed by atoms with E-state index in [4.69, 9.17) is 11.6 Å². The van der Waals surface area contributed by atoms with Crippen molar-refractivity contribution < 1.29 is 4.79 Å². The van der Waals surface area contributed by atoms with Gasteiger partial charge in [-0.15, -0.1) is 11.3 Å². The van der Waals surface area contributed by atoms with E-state index in [1.165, 1.54) is 11.3 Å². The zero-order chi connectivity index (χ0) is 21.4. The third-order valence-electron chi connectivity index (χ3n) is 5.27. The second kappa shape index (κ2) is 8.17. The van der Waals surface area contributed by atoms with Gasteiger partial charge in [0.05, 0.1) is 12.1 Å². The number of nitrogens with zero attached hydrogens (tertiary/aromatic N) is 2. The minimum atomic E-state index is -0.144. The molecular formula is C23H19ClN4O2S. The molecule has 0 unspecified atom stereocenters. The quantitative estimate of drug-likeness (QED) is 0.446. The summed E-state index contributed by atoms with van der Waals surface area (Å²) in [5.74, 6) is 0.737. The van der Waals surface area contributed by atoms with Gasteiger partial charge in [-0.2, -0.15) is 0 Å². The molecule has 0 radical (unpaired) electrons. The number of aromatic nitrogens is 2. The van der Waals surface area contributed by atoms with Gasteiger partial charge in [0.15, 0.2) is 0 Å². The minimum absolute atomic E-state index is 0.144. The van der Waals surface area contributed by atoms with Gasteiger partial charge in [-0.1, -0.05) is 23.7 Å². The molecule has 1 aliphatic rings. The maximum Gasteiger partial charge on any atom is 0.268 e. The lowest BCUT2D eigenvalue weighted by Crippen LogP contribution is -2.23. The van der Waals surface area contributed by atoms with Crippen LogP contribution in [-0.4, -0.2) is 22.4 Å². The van der Waals surface area contributed by atoms with E-state index < -0.39 is 0 Å². The number of nitrogens with one attached hydrogen (secondary N) is 2. The summed E-state index contributed by atoms with van der Waals surface area (Å²) in [7, 11) is 0. The first-order valence-electron chi connectivity index (χ1n) is 10.00. The molecule has 2 aromatic heterocycles. The van der Waals surface area contributed by atoms with E-state index in [0.29, 0.717) is 34.0 Å². The van der Waals surface area contributed by atoms with Gasteiger partial charge in [0.25, 0.3) is 5.56 Å². The van der Waals surface area contributed by atoms with E-state index in [0.717, 1.165) is 34.8 Å². The van der Waals surface area contributed by atoms with Crippen LogP contribution in [0.5, 0.6) is 0 Å². The number of rotatable bonds is 5. The first-order valence-corrected chi connectivity index (χ1v) is 11.2. The average molecular weight is 451 g/mol. The molecule has 1 aliphatic heterocycles. The Morgan fingerprint density at radius 1 is 1.10 bits per heavy atom. The van der Waals surface area contributed by atoms with Crippen molar-refractivity contribution in [2.24, 2.45) is 0 Å². The van der Waals surface area contributed by atoms with Crippen molar-refractivity contribution >= 4 is 50.4 Å². The van der Waals surface area contributed by atoms with Gasteiger partial charge in [0.1, 0.15) is 10.5 Å². The Labute approximate surface area is 187 Å². The number of carbonyl (C=O) groups excluding carboxylic acids is 1. The topological polar surface area (TPSA) is 78.1 Å². The molecule has 2 aromatic carbocycles. The van der Waals surface area contributed by atoms with E-state index in [1.807, 2.05) is 59.5 Å².